The molecule has 3 nitrogen and oxygen atoms in total. The van der Waals surface area contributed by atoms with Gasteiger partial charge in [0, 0.05) is 25.2 Å². The second-order valence-corrected chi connectivity index (χ2v) is 6.01. The molecule has 0 aromatic rings. The summed E-state index contributed by atoms with van der Waals surface area (Å²) >= 11 is 0. The van der Waals surface area contributed by atoms with E-state index in [1.54, 1.807) is 0 Å². The van der Waals surface area contributed by atoms with Crippen molar-refractivity contribution in [1.82, 2.24) is 15.1 Å². The van der Waals surface area contributed by atoms with Gasteiger partial charge in [0.25, 0.3) is 0 Å². The minimum absolute atomic E-state index is 0.775. The Morgan fingerprint density at radius 1 is 1.17 bits per heavy atom. The Morgan fingerprint density at radius 2 is 1.94 bits per heavy atom. The molecule has 1 aliphatic carbocycles. The van der Waals surface area contributed by atoms with E-state index in [4.69, 9.17) is 0 Å². The molecule has 2 fully saturated rings. The maximum Gasteiger partial charge on any atom is 0.0235 e. The van der Waals surface area contributed by atoms with Gasteiger partial charge in [-0.1, -0.05) is 20.3 Å². The predicted octanol–water partition coefficient (Wildman–Crippen LogP) is 1.79. The van der Waals surface area contributed by atoms with Crippen molar-refractivity contribution in [2.24, 2.45) is 5.92 Å². The zero-order chi connectivity index (χ0) is 13.0. The summed E-state index contributed by atoms with van der Waals surface area (Å²) < 4.78 is 0. The van der Waals surface area contributed by atoms with Gasteiger partial charge >= 0.3 is 0 Å². The van der Waals surface area contributed by atoms with Crippen LogP contribution in [0.15, 0.2) is 0 Å². The highest BCUT2D eigenvalue weighted by atomic mass is 15.2. The van der Waals surface area contributed by atoms with E-state index in [0.717, 1.165) is 18.0 Å². The maximum absolute atomic E-state index is 3.51. The van der Waals surface area contributed by atoms with Crippen molar-refractivity contribution in [2.45, 2.75) is 51.6 Å². The molecule has 3 atom stereocenters. The lowest BCUT2D eigenvalue weighted by Gasteiger charge is -2.28. The van der Waals surface area contributed by atoms with E-state index in [0.29, 0.717) is 0 Å². The first-order chi connectivity index (χ1) is 8.78. The molecule has 2 rings (SSSR count). The SMILES string of the molecule is CCN(CC)C1CCN(CC2CCCC2NC)C1. The highest BCUT2D eigenvalue weighted by molar-refractivity contribution is 4.88. The van der Waals surface area contributed by atoms with Crippen LogP contribution in [0.1, 0.15) is 39.5 Å². The third kappa shape index (κ3) is 3.25. The molecule has 2 aliphatic rings. The molecule has 1 saturated carbocycles. The van der Waals surface area contributed by atoms with Crippen LogP contribution in [0, 0.1) is 5.92 Å². The largest absolute Gasteiger partial charge is 0.317 e. The van der Waals surface area contributed by atoms with Crippen molar-refractivity contribution < 1.29 is 0 Å². The molecular weight excluding hydrogens is 222 g/mol. The van der Waals surface area contributed by atoms with Crippen LogP contribution in [0.5, 0.6) is 0 Å². The van der Waals surface area contributed by atoms with Gasteiger partial charge in [-0.25, -0.2) is 0 Å². The third-order valence-corrected chi connectivity index (χ3v) is 5.10. The summed E-state index contributed by atoms with van der Waals surface area (Å²) in [5.74, 6) is 0.894. The minimum Gasteiger partial charge on any atom is -0.317 e. The average Bonchev–Trinajstić information content (AvgIpc) is 3.01. The smallest absolute Gasteiger partial charge is 0.0235 e. The molecular formula is C15H31N3. The molecule has 0 radical (unpaired) electrons. The summed E-state index contributed by atoms with van der Waals surface area (Å²) in [6.45, 7) is 10.9. The van der Waals surface area contributed by atoms with Crippen LogP contribution in [-0.2, 0) is 0 Å². The maximum atomic E-state index is 3.51. The van der Waals surface area contributed by atoms with Crippen LogP contribution in [0.3, 0.4) is 0 Å². The summed E-state index contributed by atoms with van der Waals surface area (Å²) in [7, 11) is 2.13. The van der Waals surface area contributed by atoms with Gasteiger partial charge in [0.1, 0.15) is 0 Å². The van der Waals surface area contributed by atoms with Crippen molar-refractivity contribution >= 4 is 0 Å². The topological polar surface area (TPSA) is 18.5 Å². The van der Waals surface area contributed by atoms with E-state index in [9.17, 15) is 0 Å². The Labute approximate surface area is 113 Å². The quantitative estimate of drug-likeness (QED) is 0.778. The number of nitrogens with zero attached hydrogens (tertiary/aromatic N) is 2. The van der Waals surface area contributed by atoms with E-state index >= 15 is 0 Å². The van der Waals surface area contributed by atoms with Crippen molar-refractivity contribution in [1.29, 1.82) is 0 Å². The summed E-state index contributed by atoms with van der Waals surface area (Å²) in [4.78, 5) is 5.34. The lowest BCUT2D eigenvalue weighted by Crippen LogP contribution is -2.40. The fourth-order valence-electron chi connectivity index (χ4n) is 3.98. The minimum atomic E-state index is 0.775. The van der Waals surface area contributed by atoms with Gasteiger partial charge < -0.3 is 10.2 Å². The van der Waals surface area contributed by atoms with E-state index in [1.165, 1.54) is 58.4 Å². The molecule has 18 heavy (non-hydrogen) atoms. The summed E-state index contributed by atoms with van der Waals surface area (Å²) in [6.07, 6.45) is 5.61. The van der Waals surface area contributed by atoms with E-state index in [2.05, 4.69) is 36.0 Å². The molecule has 1 heterocycles. The van der Waals surface area contributed by atoms with Gasteiger partial charge in [0.2, 0.25) is 0 Å². The second kappa shape index (κ2) is 6.88. The van der Waals surface area contributed by atoms with Gasteiger partial charge in [-0.15, -0.1) is 0 Å². The van der Waals surface area contributed by atoms with E-state index in [1.807, 2.05) is 0 Å². The van der Waals surface area contributed by atoms with Crippen LogP contribution in [-0.4, -0.2) is 61.7 Å². The molecule has 1 aliphatic heterocycles. The molecule has 0 aromatic carbocycles. The van der Waals surface area contributed by atoms with Crippen molar-refractivity contribution in [3.63, 3.8) is 0 Å². The lowest BCUT2D eigenvalue weighted by atomic mass is 10.0. The third-order valence-electron chi connectivity index (χ3n) is 5.10. The fourth-order valence-corrected chi connectivity index (χ4v) is 3.98. The summed E-state index contributed by atoms with van der Waals surface area (Å²) in [6, 6.07) is 1.59. The zero-order valence-electron chi connectivity index (χ0n) is 12.5. The Bertz CT molecular complexity index is 240. The molecule has 1 saturated heterocycles. The summed E-state index contributed by atoms with van der Waals surface area (Å²) in [5, 5.41) is 3.51. The average molecular weight is 253 g/mol. The molecule has 3 unspecified atom stereocenters. The first kappa shape index (κ1) is 14.3. The van der Waals surface area contributed by atoms with Gasteiger partial charge in [-0.2, -0.15) is 0 Å². The first-order valence-electron chi connectivity index (χ1n) is 7.92. The van der Waals surface area contributed by atoms with Gasteiger partial charge in [-0.05, 0) is 51.9 Å². The number of rotatable bonds is 6. The molecule has 0 aromatic heterocycles. The van der Waals surface area contributed by atoms with Crippen molar-refractivity contribution in [3.8, 4) is 0 Å². The van der Waals surface area contributed by atoms with Crippen LogP contribution in [0.4, 0.5) is 0 Å². The Balaban J connectivity index is 1.78. The van der Waals surface area contributed by atoms with E-state index < -0.39 is 0 Å². The molecule has 0 spiro atoms. The highest BCUT2D eigenvalue weighted by Crippen LogP contribution is 2.27. The second-order valence-electron chi connectivity index (χ2n) is 6.01. The van der Waals surface area contributed by atoms with Crippen LogP contribution < -0.4 is 5.32 Å². The van der Waals surface area contributed by atoms with Crippen LogP contribution in [0.2, 0.25) is 0 Å². The Morgan fingerprint density at radius 3 is 2.61 bits per heavy atom. The Hall–Kier alpha value is -0.120. The van der Waals surface area contributed by atoms with Crippen molar-refractivity contribution in [2.75, 3.05) is 39.8 Å². The molecule has 1 N–H and O–H groups in total. The molecule has 106 valence electrons. The number of likely N-dealkylation sites (tertiary alicyclic amines) is 1. The number of hydrogen-bond acceptors (Lipinski definition) is 3. The van der Waals surface area contributed by atoms with Crippen molar-refractivity contribution in [3.05, 3.63) is 0 Å². The fraction of sp³-hybridized carbons (Fsp3) is 1.00. The monoisotopic (exact) mass is 253 g/mol. The number of nitrogens with one attached hydrogen (secondary N) is 1. The Kier molecular flexibility index (Phi) is 5.46. The van der Waals surface area contributed by atoms with Gasteiger partial charge in [0.05, 0.1) is 0 Å². The van der Waals surface area contributed by atoms with Gasteiger partial charge in [0.15, 0.2) is 0 Å². The molecule has 3 heteroatoms. The van der Waals surface area contributed by atoms with Crippen LogP contribution >= 0.6 is 0 Å². The number of hydrogen-bond donors (Lipinski definition) is 1. The number of likely N-dealkylation sites (N-methyl/N-ethyl adjacent to an activating group) is 1. The van der Waals surface area contributed by atoms with Gasteiger partial charge in [-0.3, -0.25) is 4.90 Å². The first-order valence-corrected chi connectivity index (χ1v) is 7.92. The standard InChI is InChI=1S/C15H31N3/c1-4-18(5-2)14-9-10-17(12-14)11-13-7-6-8-15(13)16-3/h13-16H,4-12H2,1-3H3. The zero-order valence-corrected chi connectivity index (χ0v) is 12.5. The van der Waals surface area contributed by atoms with E-state index in [-0.39, 0.29) is 0 Å². The normalized spacial score (nSPS) is 33.7. The lowest BCUT2D eigenvalue weighted by molar-refractivity contribution is 0.197. The molecule has 0 bridgehead atoms. The summed E-state index contributed by atoms with van der Waals surface area (Å²) in [5.41, 5.74) is 0. The van der Waals surface area contributed by atoms with Crippen LogP contribution in [0.25, 0.3) is 0 Å². The highest BCUT2D eigenvalue weighted by Gasteiger charge is 2.31. The predicted molar refractivity (Wildman–Crippen MR) is 78.0 cm³/mol. The molecule has 0 amide bonds.